The fourth-order valence-electron chi connectivity index (χ4n) is 8.69. The molecule has 236 valence electrons. The van der Waals surface area contributed by atoms with Gasteiger partial charge in [-0.15, -0.1) is 0 Å². The number of likely N-dealkylation sites (tertiary alicyclic amines) is 1. The lowest BCUT2D eigenvalue weighted by molar-refractivity contribution is -0.130. The van der Waals surface area contributed by atoms with Crippen LogP contribution in [0.4, 0.5) is 23.2 Å². The average Bonchev–Trinajstić information content (AvgIpc) is 3.67. The Morgan fingerprint density at radius 3 is 2.78 bits per heavy atom. The molecule has 4 fully saturated rings. The molecule has 4 saturated heterocycles. The minimum absolute atomic E-state index is 0.0379. The molecule has 5 heterocycles. The molecule has 1 unspecified atom stereocenters. The van der Waals surface area contributed by atoms with E-state index in [1.807, 2.05) is 17.0 Å². The summed E-state index contributed by atoms with van der Waals surface area (Å²) in [6.45, 7) is 5.11. The zero-order valence-corrected chi connectivity index (χ0v) is 25.0. The van der Waals surface area contributed by atoms with Crippen LogP contribution in [-0.4, -0.2) is 82.3 Å². The van der Waals surface area contributed by atoms with E-state index in [1.54, 1.807) is 6.07 Å². The summed E-state index contributed by atoms with van der Waals surface area (Å²) in [6.07, 6.45) is 6.66. The standard InChI is InChI=1S/C34H35F4N5O2/c1-19(35)32(44)42-13-10-25-26(42)17-43(25)31-24-15-39-33(45-18-34-11-5-12-41(34)16-21(36)14-34)40-30(24)28(37)27(29(31)38)23-9-4-7-20-6-2-3-8-22(20)23/h4,7,9,15,21,25-26H,1-3,5-6,8,10-14,16-18H2/t21-,25?,26-,34+/m1/s1. The lowest BCUT2D eigenvalue weighted by Gasteiger charge is -2.48. The van der Waals surface area contributed by atoms with Crippen LogP contribution in [0.1, 0.15) is 49.7 Å². The van der Waals surface area contributed by atoms with Crippen molar-refractivity contribution in [3.8, 4) is 17.1 Å². The molecule has 3 aromatic rings. The number of ether oxygens (including phenoxy) is 1. The Labute approximate surface area is 258 Å². The minimum Gasteiger partial charge on any atom is -0.461 e. The molecule has 7 nitrogen and oxygen atoms in total. The van der Waals surface area contributed by atoms with Crippen molar-refractivity contribution in [2.45, 2.75) is 75.2 Å². The number of halogens is 4. The number of hydrogen-bond acceptors (Lipinski definition) is 6. The number of anilines is 1. The number of alkyl halides is 1. The van der Waals surface area contributed by atoms with E-state index in [2.05, 4.69) is 21.4 Å². The van der Waals surface area contributed by atoms with Crippen molar-refractivity contribution >= 4 is 22.5 Å². The van der Waals surface area contributed by atoms with Crippen molar-refractivity contribution in [2.75, 3.05) is 37.7 Å². The van der Waals surface area contributed by atoms with E-state index < -0.39 is 35.1 Å². The fourth-order valence-corrected chi connectivity index (χ4v) is 8.69. The molecule has 0 N–H and O–H groups in total. The van der Waals surface area contributed by atoms with Crippen molar-refractivity contribution in [3.05, 3.63) is 59.6 Å². The Hall–Kier alpha value is -3.73. The van der Waals surface area contributed by atoms with Gasteiger partial charge in [-0.05, 0) is 68.2 Å². The van der Waals surface area contributed by atoms with Gasteiger partial charge in [0.2, 0.25) is 0 Å². The maximum absolute atomic E-state index is 16.9. The van der Waals surface area contributed by atoms with E-state index >= 15 is 8.78 Å². The van der Waals surface area contributed by atoms with Crippen molar-refractivity contribution in [3.63, 3.8) is 0 Å². The van der Waals surface area contributed by atoms with Crippen molar-refractivity contribution in [1.82, 2.24) is 19.8 Å². The fraction of sp³-hybridized carbons (Fsp3) is 0.500. The van der Waals surface area contributed by atoms with E-state index in [0.29, 0.717) is 31.5 Å². The van der Waals surface area contributed by atoms with Gasteiger partial charge in [-0.2, -0.15) is 4.98 Å². The van der Waals surface area contributed by atoms with Crippen molar-refractivity contribution in [2.24, 2.45) is 0 Å². The van der Waals surface area contributed by atoms with Crippen LogP contribution >= 0.6 is 0 Å². The molecule has 11 heteroatoms. The molecule has 0 bridgehead atoms. The van der Waals surface area contributed by atoms with Crippen LogP contribution in [0.2, 0.25) is 0 Å². The second-order valence-electron chi connectivity index (χ2n) is 13.3. The third-order valence-electron chi connectivity index (χ3n) is 10.8. The van der Waals surface area contributed by atoms with E-state index in [9.17, 15) is 13.6 Å². The Bertz CT molecular complexity index is 1730. The Balaban J connectivity index is 1.22. The van der Waals surface area contributed by atoms with Crippen molar-refractivity contribution < 1.29 is 27.1 Å². The molecule has 0 spiro atoms. The first-order valence-electron chi connectivity index (χ1n) is 16.0. The predicted molar refractivity (Wildman–Crippen MR) is 162 cm³/mol. The molecule has 5 aliphatic rings. The first-order valence-corrected chi connectivity index (χ1v) is 16.0. The topological polar surface area (TPSA) is 61.8 Å². The third kappa shape index (κ3) is 4.44. The van der Waals surface area contributed by atoms with Crippen LogP contribution < -0.4 is 9.64 Å². The average molecular weight is 622 g/mol. The summed E-state index contributed by atoms with van der Waals surface area (Å²) in [5, 5.41) is 0.203. The van der Waals surface area contributed by atoms with Gasteiger partial charge >= 0.3 is 6.01 Å². The molecular weight excluding hydrogens is 586 g/mol. The van der Waals surface area contributed by atoms with Gasteiger partial charge in [0.05, 0.1) is 28.9 Å². The quantitative estimate of drug-likeness (QED) is 0.261. The van der Waals surface area contributed by atoms with Crippen LogP contribution in [0, 0.1) is 11.6 Å². The highest BCUT2D eigenvalue weighted by molar-refractivity contribution is 5.98. The molecule has 4 aliphatic heterocycles. The monoisotopic (exact) mass is 621 g/mol. The molecule has 0 saturated carbocycles. The van der Waals surface area contributed by atoms with Gasteiger partial charge in [0.25, 0.3) is 5.91 Å². The molecule has 4 atom stereocenters. The molecule has 8 rings (SSSR count). The summed E-state index contributed by atoms with van der Waals surface area (Å²) in [7, 11) is 0. The molecule has 2 aromatic carbocycles. The van der Waals surface area contributed by atoms with E-state index in [0.717, 1.165) is 56.2 Å². The molecule has 1 amide bonds. The number of nitrogens with zero attached hydrogens (tertiary/aromatic N) is 5. The maximum atomic E-state index is 16.9. The summed E-state index contributed by atoms with van der Waals surface area (Å²) < 4.78 is 67.7. The SMILES string of the molecule is C=C(F)C(=O)N1CCC2[C@H]1CN2c1c(F)c(-c2cccc3c2CCCC3)c(F)c2nc(OC[C@@]34CCCN3C[C@H](F)C4)ncc12. The molecule has 0 radical (unpaired) electrons. The van der Waals surface area contributed by atoms with Gasteiger partial charge in [-0.1, -0.05) is 24.8 Å². The largest absolute Gasteiger partial charge is 0.461 e. The van der Waals surface area contributed by atoms with E-state index in [1.165, 1.54) is 11.1 Å². The second kappa shape index (κ2) is 10.7. The second-order valence-corrected chi connectivity index (χ2v) is 13.3. The number of carbonyl (C=O) groups excluding carboxylic acids is 1. The van der Waals surface area contributed by atoms with Crippen LogP contribution in [0.3, 0.4) is 0 Å². The minimum atomic E-state index is -1.02. The number of benzene rings is 2. The smallest absolute Gasteiger partial charge is 0.317 e. The van der Waals surface area contributed by atoms with Gasteiger partial charge in [-0.25, -0.2) is 22.5 Å². The number of aromatic nitrogens is 2. The Morgan fingerprint density at radius 1 is 1.09 bits per heavy atom. The summed E-state index contributed by atoms with van der Waals surface area (Å²) in [5.74, 6) is -3.26. The summed E-state index contributed by atoms with van der Waals surface area (Å²) >= 11 is 0. The highest BCUT2D eigenvalue weighted by atomic mass is 19.1. The van der Waals surface area contributed by atoms with Crippen molar-refractivity contribution in [1.29, 1.82) is 0 Å². The first kappa shape index (κ1) is 28.7. The molecule has 1 aliphatic carbocycles. The lowest BCUT2D eigenvalue weighted by atomic mass is 9.85. The number of amides is 1. The van der Waals surface area contributed by atoms with Crippen LogP contribution in [-0.2, 0) is 17.6 Å². The van der Waals surface area contributed by atoms with Crippen LogP contribution in [0.25, 0.3) is 22.0 Å². The number of rotatable bonds is 6. The normalized spacial score (nSPS) is 27.3. The summed E-state index contributed by atoms with van der Waals surface area (Å²) in [5.41, 5.74) is 2.11. The molecule has 1 aromatic heterocycles. The zero-order chi connectivity index (χ0) is 31.0. The van der Waals surface area contributed by atoms with Gasteiger partial charge in [0.15, 0.2) is 17.5 Å². The number of aryl methyl sites for hydroxylation is 1. The summed E-state index contributed by atoms with van der Waals surface area (Å²) in [6, 6.07) is 5.01. The Morgan fingerprint density at radius 2 is 1.93 bits per heavy atom. The van der Waals surface area contributed by atoms with Crippen LogP contribution in [0.5, 0.6) is 6.01 Å². The lowest BCUT2D eigenvalue weighted by Crippen LogP contribution is -2.63. The maximum Gasteiger partial charge on any atom is 0.317 e. The zero-order valence-electron chi connectivity index (χ0n) is 25.0. The molecular formula is C34H35F4N5O2. The van der Waals surface area contributed by atoms with Gasteiger partial charge in [0, 0.05) is 37.6 Å². The number of fused-ring (bicyclic) bond motifs is 4. The Kier molecular flexibility index (Phi) is 6.81. The highest BCUT2D eigenvalue weighted by Gasteiger charge is 2.51. The highest BCUT2D eigenvalue weighted by Crippen LogP contribution is 2.47. The number of hydrogen-bond donors (Lipinski definition) is 0. The van der Waals surface area contributed by atoms with Crippen LogP contribution in [0.15, 0.2) is 36.8 Å². The van der Waals surface area contributed by atoms with Gasteiger partial charge in [-0.3, -0.25) is 9.69 Å². The molecule has 45 heavy (non-hydrogen) atoms. The van der Waals surface area contributed by atoms with E-state index in [4.69, 9.17) is 4.74 Å². The predicted octanol–water partition coefficient (Wildman–Crippen LogP) is 5.68. The first-order chi connectivity index (χ1) is 21.8. The third-order valence-corrected chi connectivity index (χ3v) is 10.8. The number of carbonyl (C=O) groups is 1. The van der Waals surface area contributed by atoms with E-state index in [-0.39, 0.29) is 53.4 Å². The van der Waals surface area contributed by atoms with Gasteiger partial charge < -0.3 is 14.5 Å². The summed E-state index contributed by atoms with van der Waals surface area (Å²) in [4.78, 5) is 26.7. The van der Waals surface area contributed by atoms with Gasteiger partial charge in [0.1, 0.15) is 18.3 Å².